The van der Waals surface area contributed by atoms with E-state index in [1.54, 1.807) is 6.92 Å². The van der Waals surface area contributed by atoms with Crippen molar-refractivity contribution in [2.45, 2.75) is 39.7 Å². The Morgan fingerprint density at radius 3 is 2.46 bits per heavy atom. The number of rotatable bonds is 2. The van der Waals surface area contributed by atoms with Crippen LogP contribution in [0.2, 0.25) is 0 Å². The number of carbonyl (C=O) groups is 1. The van der Waals surface area contributed by atoms with Crippen LogP contribution in [0.4, 0.5) is 0 Å². The maximum Gasteiger partial charge on any atom is 0.168 e. The average Bonchev–Trinajstić information content (AvgIpc) is 2.29. The largest absolute Gasteiger partial charge is 0.511 e. The molecule has 0 saturated carbocycles. The van der Waals surface area contributed by atoms with Gasteiger partial charge in [-0.2, -0.15) is 0 Å². The van der Waals surface area contributed by atoms with Crippen LogP contribution in [0, 0.1) is 0 Å². The minimum atomic E-state index is 0.0133. The van der Waals surface area contributed by atoms with Gasteiger partial charge in [0.15, 0.2) is 5.78 Å². The highest BCUT2D eigenvalue weighted by Crippen LogP contribution is 2.21. The number of aliphatic hydroxyl groups is 1. The summed E-state index contributed by atoms with van der Waals surface area (Å²) in [7, 11) is 0. The van der Waals surface area contributed by atoms with Gasteiger partial charge >= 0.3 is 0 Å². The van der Waals surface area contributed by atoms with Gasteiger partial charge in [0, 0.05) is 24.6 Å². The van der Waals surface area contributed by atoms with Gasteiger partial charge in [-0.05, 0) is 20.8 Å². The van der Waals surface area contributed by atoms with E-state index >= 15 is 0 Å². The number of allylic oxidation sites excluding steroid dienone is 2. The third-order valence-corrected chi connectivity index (χ3v) is 1.97. The van der Waals surface area contributed by atoms with E-state index in [4.69, 9.17) is 0 Å². The molecule has 13 heavy (non-hydrogen) atoms. The first kappa shape index (κ1) is 9.96. The van der Waals surface area contributed by atoms with Crippen molar-refractivity contribution in [3.8, 4) is 0 Å². The zero-order valence-electron chi connectivity index (χ0n) is 8.29. The number of aliphatic hydroxyl groups excluding tert-OH is 1. The predicted octanol–water partition coefficient (Wildman–Crippen LogP) is 2.03. The molecule has 0 fully saturated rings. The van der Waals surface area contributed by atoms with Gasteiger partial charge in [-0.1, -0.05) is 0 Å². The van der Waals surface area contributed by atoms with Gasteiger partial charge in [0.1, 0.15) is 5.76 Å². The minimum absolute atomic E-state index is 0.0133. The SMILES string of the molecule is CC(=NC(C)C)C1=C(O)CCC1=O. The fourth-order valence-electron chi connectivity index (χ4n) is 1.51. The highest BCUT2D eigenvalue weighted by atomic mass is 16.3. The quantitative estimate of drug-likeness (QED) is 0.662. The molecule has 0 aromatic rings. The van der Waals surface area contributed by atoms with E-state index in [0.29, 0.717) is 24.1 Å². The molecule has 0 aliphatic heterocycles. The molecule has 0 atom stereocenters. The molecule has 1 aliphatic carbocycles. The van der Waals surface area contributed by atoms with Gasteiger partial charge in [-0.25, -0.2) is 0 Å². The van der Waals surface area contributed by atoms with E-state index in [-0.39, 0.29) is 17.6 Å². The monoisotopic (exact) mass is 181 g/mol. The summed E-state index contributed by atoms with van der Waals surface area (Å²) in [4.78, 5) is 15.5. The molecule has 0 aromatic heterocycles. The molecule has 3 nitrogen and oxygen atoms in total. The molecule has 0 aromatic carbocycles. The Hall–Kier alpha value is -1.12. The predicted molar refractivity (Wildman–Crippen MR) is 52.1 cm³/mol. The number of hydrogen-bond donors (Lipinski definition) is 1. The van der Waals surface area contributed by atoms with Crippen molar-refractivity contribution >= 4 is 11.5 Å². The Balaban J connectivity index is 2.94. The third kappa shape index (κ3) is 2.17. The normalized spacial score (nSPS) is 19.1. The maximum atomic E-state index is 11.3. The number of nitrogens with zero attached hydrogens (tertiary/aromatic N) is 1. The van der Waals surface area contributed by atoms with Crippen LogP contribution in [0.25, 0.3) is 0 Å². The second-order valence-corrected chi connectivity index (χ2v) is 3.55. The zero-order chi connectivity index (χ0) is 10.0. The molecule has 0 amide bonds. The second kappa shape index (κ2) is 3.73. The van der Waals surface area contributed by atoms with Crippen LogP contribution >= 0.6 is 0 Å². The van der Waals surface area contributed by atoms with Crippen LogP contribution in [0.5, 0.6) is 0 Å². The van der Waals surface area contributed by atoms with E-state index in [2.05, 4.69) is 4.99 Å². The molecule has 0 spiro atoms. The molecule has 0 bridgehead atoms. The molecule has 1 N–H and O–H groups in total. The maximum absolute atomic E-state index is 11.3. The Labute approximate surface area is 78.2 Å². The first-order valence-electron chi connectivity index (χ1n) is 4.52. The molecular formula is C10H15NO2. The summed E-state index contributed by atoms with van der Waals surface area (Å²) in [5, 5.41) is 9.42. The number of aliphatic imine (C=N–C) groups is 1. The second-order valence-electron chi connectivity index (χ2n) is 3.55. The molecule has 1 rings (SSSR count). The summed E-state index contributed by atoms with van der Waals surface area (Å²) in [6.45, 7) is 5.66. The highest BCUT2D eigenvalue weighted by Gasteiger charge is 2.24. The molecule has 1 aliphatic rings. The Bertz CT molecular complexity index is 287. The van der Waals surface area contributed by atoms with Crippen LogP contribution in [-0.4, -0.2) is 22.6 Å². The standard InChI is InChI=1S/C10H15NO2/c1-6(2)11-7(3)10-8(12)4-5-9(10)13/h6,12H,4-5H2,1-3H3. The first-order chi connectivity index (χ1) is 6.02. The average molecular weight is 181 g/mol. The summed E-state index contributed by atoms with van der Waals surface area (Å²) in [5.74, 6) is 0.214. The highest BCUT2D eigenvalue weighted by molar-refractivity contribution is 6.23. The van der Waals surface area contributed by atoms with E-state index in [1.165, 1.54) is 0 Å². The zero-order valence-corrected chi connectivity index (χ0v) is 8.29. The summed E-state index contributed by atoms with van der Waals surface area (Å²) in [5.41, 5.74) is 1.10. The Morgan fingerprint density at radius 2 is 2.08 bits per heavy atom. The molecule has 0 unspecified atom stereocenters. The van der Waals surface area contributed by atoms with Crippen molar-refractivity contribution < 1.29 is 9.90 Å². The van der Waals surface area contributed by atoms with Gasteiger partial charge < -0.3 is 5.11 Å². The first-order valence-corrected chi connectivity index (χ1v) is 4.52. The molecule has 0 radical (unpaired) electrons. The number of carbonyl (C=O) groups excluding carboxylic acids is 1. The van der Waals surface area contributed by atoms with Gasteiger partial charge in [-0.3, -0.25) is 9.79 Å². The van der Waals surface area contributed by atoms with E-state index < -0.39 is 0 Å². The minimum Gasteiger partial charge on any atom is -0.511 e. The third-order valence-electron chi connectivity index (χ3n) is 1.97. The van der Waals surface area contributed by atoms with Crippen molar-refractivity contribution in [2.75, 3.05) is 0 Å². The Kier molecular flexibility index (Phi) is 2.86. The van der Waals surface area contributed by atoms with E-state index in [0.717, 1.165) is 0 Å². The molecule has 0 saturated heterocycles. The molecular weight excluding hydrogens is 166 g/mol. The van der Waals surface area contributed by atoms with Crippen LogP contribution in [-0.2, 0) is 4.79 Å². The van der Waals surface area contributed by atoms with E-state index in [9.17, 15) is 9.90 Å². The molecule has 3 heteroatoms. The topological polar surface area (TPSA) is 49.7 Å². The fraction of sp³-hybridized carbons (Fsp3) is 0.600. The van der Waals surface area contributed by atoms with Crippen LogP contribution in [0.1, 0.15) is 33.6 Å². The summed E-state index contributed by atoms with van der Waals surface area (Å²) >= 11 is 0. The van der Waals surface area contributed by atoms with Gasteiger partial charge in [-0.15, -0.1) is 0 Å². The fourth-order valence-corrected chi connectivity index (χ4v) is 1.51. The molecule has 0 heterocycles. The number of Topliss-reactive ketones (excluding diaryl/α,β-unsaturated/α-hetero) is 1. The lowest BCUT2D eigenvalue weighted by molar-refractivity contribution is -0.114. The number of hydrogen-bond acceptors (Lipinski definition) is 3. The molecule has 72 valence electrons. The lowest BCUT2D eigenvalue weighted by atomic mass is 10.1. The smallest absolute Gasteiger partial charge is 0.168 e. The lowest BCUT2D eigenvalue weighted by Gasteiger charge is -2.03. The van der Waals surface area contributed by atoms with Crippen molar-refractivity contribution in [2.24, 2.45) is 4.99 Å². The van der Waals surface area contributed by atoms with Crippen molar-refractivity contribution in [1.29, 1.82) is 0 Å². The van der Waals surface area contributed by atoms with Gasteiger partial charge in [0.2, 0.25) is 0 Å². The van der Waals surface area contributed by atoms with Gasteiger partial charge in [0.05, 0.1) is 5.57 Å². The van der Waals surface area contributed by atoms with Crippen LogP contribution in [0.15, 0.2) is 16.3 Å². The number of ketones is 1. The van der Waals surface area contributed by atoms with Gasteiger partial charge in [0.25, 0.3) is 0 Å². The van der Waals surface area contributed by atoms with Crippen LogP contribution < -0.4 is 0 Å². The van der Waals surface area contributed by atoms with Crippen molar-refractivity contribution in [1.82, 2.24) is 0 Å². The lowest BCUT2D eigenvalue weighted by Crippen LogP contribution is -2.09. The summed E-state index contributed by atoms with van der Waals surface area (Å²) in [6, 6.07) is 0.161. The summed E-state index contributed by atoms with van der Waals surface area (Å²) in [6.07, 6.45) is 0.894. The summed E-state index contributed by atoms with van der Waals surface area (Å²) < 4.78 is 0. The van der Waals surface area contributed by atoms with Crippen LogP contribution in [0.3, 0.4) is 0 Å². The van der Waals surface area contributed by atoms with Crippen molar-refractivity contribution in [3.63, 3.8) is 0 Å². The van der Waals surface area contributed by atoms with Crippen molar-refractivity contribution in [3.05, 3.63) is 11.3 Å². The Morgan fingerprint density at radius 1 is 1.46 bits per heavy atom. The van der Waals surface area contributed by atoms with E-state index in [1.807, 2.05) is 13.8 Å².